The van der Waals surface area contributed by atoms with Gasteiger partial charge in [0, 0.05) is 76.3 Å². The van der Waals surface area contributed by atoms with Crippen molar-refractivity contribution in [3.8, 4) is 51.0 Å². The van der Waals surface area contributed by atoms with Crippen LogP contribution >= 0.6 is 11.3 Å². The molecule has 12 aromatic rings. The first-order valence-electron chi connectivity index (χ1n) is 24.0. The zero-order chi connectivity index (χ0) is 46.3. The Hall–Kier alpha value is -8.71. The number of allylic oxidation sites excluding steroid dienone is 4. The fourth-order valence-electron chi connectivity index (χ4n) is 11.1. The molecule has 0 amide bonds. The number of hydrogen-bond acceptors (Lipinski definition) is 5. The Kier molecular flexibility index (Phi) is 9.36. The van der Waals surface area contributed by atoms with Gasteiger partial charge in [-0.25, -0.2) is 15.0 Å². The summed E-state index contributed by atoms with van der Waals surface area (Å²) in [4.78, 5) is 17.4. The van der Waals surface area contributed by atoms with Gasteiger partial charge in [0.1, 0.15) is 0 Å². The van der Waals surface area contributed by atoms with Gasteiger partial charge in [-0.1, -0.05) is 159 Å². The first kappa shape index (κ1) is 40.4. The molecule has 2 atom stereocenters. The maximum absolute atomic E-state index is 5.02. The number of fused-ring (bicyclic) bond motifs is 9. The Morgan fingerprint density at radius 1 is 0.400 bits per heavy atom. The van der Waals surface area contributed by atoms with Crippen LogP contribution < -0.4 is 4.90 Å². The van der Waals surface area contributed by atoms with E-state index in [1.165, 1.54) is 86.9 Å². The zero-order valence-electron chi connectivity index (χ0n) is 38.2. The molecule has 0 saturated heterocycles. The van der Waals surface area contributed by atoms with E-state index < -0.39 is 0 Å². The van der Waals surface area contributed by atoms with Gasteiger partial charge in [-0.15, -0.1) is 11.3 Å². The third-order valence-electron chi connectivity index (χ3n) is 14.4. The lowest BCUT2D eigenvalue weighted by molar-refractivity contribution is 0.636. The fraction of sp³-hybridized carbons (Fsp3) is 0.0469. The predicted molar refractivity (Wildman–Crippen MR) is 292 cm³/mol. The number of hydrogen-bond donors (Lipinski definition) is 0. The number of anilines is 2. The number of para-hydroxylation sites is 3. The van der Waals surface area contributed by atoms with Crippen LogP contribution in [0.25, 0.3) is 98.5 Å². The van der Waals surface area contributed by atoms with Crippen LogP contribution in [-0.4, -0.2) is 19.5 Å². The summed E-state index contributed by atoms with van der Waals surface area (Å²) in [6.45, 7) is 2.41. The Morgan fingerprint density at radius 3 is 1.60 bits per heavy atom. The molecular formula is C64H43N5S. The molecule has 330 valence electrons. The van der Waals surface area contributed by atoms with E-state index in [-0.39, 0.29) is 11.8 Å². The second-order valence-corrected chi connectivity index (χ2v) is 19.5. The largest absolute Gasteiger partial charge is 0.313 e. The summed E-state index contributed by atoms with van der Waals surface area (Å²) in [5.74, 6) is 2.50. The lowest BCUT2D eigenvalue weighted by Crippen LogP contribution is -2.20. The van der Waals surface area contributed by atoms with Crippen molar-refractivity contribution >= 4 is 70.3 Å². The highest BCUT2D eigenvalue weighted by atomic mass is 32.1. The molecule has 1 aliphatic carbocycles. The average molecular weight is 914 g/mol. The normalized spacial score (nSPS) is 15.4. The number of aromatic nitrogens is 4. The molecule has 14 rings (SSSR count). The predicted octanol–water partition coefficient (Wildman–Crippen LogP) is 16.9. The van der Waals surface area contributed by atoms with Crippen LogP contribution in [0.2, 0.25) is 0 Å². The maximum atomic E-state index is 5.02. The summed E-state index contributed by atoms with van der Waals surface area (Å²) in [6, 6.07) is 78.5. The van der Waals surface area contributed by atoms with E-state index in [9.17, 15) is 0 Å². The van der Waals surface area contributed by atoms with Gasteiger partial charge in [-0.2, -0.15) is 0 Å². The average Bonchev–Trinajstić information content (AvgIpc) is 4.09. The minimum atomic E-state index is 0.253. The van der Waals surface area contributed by atoms with E-state index in [2.05, 4.69) is 186 Å². The van der Waals surface area contributed by atoms with Crippen molar-refractivity contribution in [1.82, 2.24) is 19.5 Å². The van der Waals surface area contributed by atoms with Gasteiger partial charge in [0.25, 0.3) is 0 Å². The molecule has 1 aliphatic heterocycles. The fourth-order valence-corrected chi connectivity index (χ4v) is 12.2. The van der Waals surface area contributed by atoms with Crippen molar-refractivity contribution in [3.63, 3.8) is 0 Å². The van der Waals surface area contributed by atoms with Crippen LogP contribution in [-0.2, 0) is 0 Å². The monoisotopic (exact) mass is 913 g/mol. The van der Waals surface area contributed by atoms with E-state index in [1.807, 2.05) is 72.0 Å². The Balaban J connectivity index is 0.865. The topological polar surface area (TPSA) is 46.8 Å². The number of rotatable bonds is 7. The molecule has 5 nitrogen and oxygen atoms in total. The molecule has 70 heavy (non-hydrogen) atoms. The molecule has 2 aliphatic rings. The van der Waals surface area contributed by atoms with Gasteiger partial charge in [-0.3, -0.25) is 0 Å². The van der Waals surface area contributed by atoms with E-state index in [4.69, 9.17) is 15.0 Å². The standard InChI is InChI=1S/C64H43N5S/c1-40-49(31-34-58-61(40)51-24-14-15-25-55(51)69(58)48-22-12-5-13-23-48)45-28-33-57-53(38-45)52-36-43(27-32-56(52)68(57)47-20-10-4-11-21-47)44-29-35-59-54(37-44)50-30-26-46(39-60(50)70-59)64-66-62(41-16-6-2-7-17-41)65-63(67-64)42-18-8-3-9-19-42/h2-40,61H,1H3. The minimum Gasteiger partial charge on any atom is -0.313 e. The lowest BCUT2D eigenvalue weighted by Gasteiger charge is -2.31. The van der Waals surface area contributed by atoms with Crippen molar-refractivity contribution < 1.29 is 0 Å². The van der Waals surface area contributed by atoms with Gasteiger partial charge in [0.05, 0.1) is 11.0 Å². The third-order valence-corrected chi connectivity index (χ3v) is 15.5. The first-order chi connectivity index (χ1) is 34.6. The van der Waals surface area contributed by atoms with Gasteiger partial charge in [0.15, 0.2) is 17.5 Å². The summed E-state index contributed by atoms with van der Waals surface area (Å²) in [6.07, 6.45) is 4.74. The van der Waals surface area contributed by atoms with Gasteiger partial charge in [0.2, 0.25) is 0 Å². The highest BCUT2D eigenvalue weighted by Crippen LogP contribution is 2.55. The number of thiophene rings is 1. The van der Waals surface area contributed by atoms with Crippen molar-refractivity contribution in [1.29, 1.82) is 0 Å². The van der Waals surface area contributed by atoms with Crippen molar-refractivity contribution in [3.05, 3.63) is 247 Å². The second kappa shape index (κ2) is 16.2. The first-order valence-corrected chi connectivity index (χ1v) is 24.8. The summed E-state index contributed by atoms with van der Waals surface area (Å²) in [7, 11) is 0. The second-order valence-electron chi connectivity index (χ2n) is 18.4. The van der Waals surface area contributed by atoms with Crippen LogP contribution in [0.5, 0.6) is 0 Å². The van der Waals surface area contributed by atoms with Gasteiger partial charge >= 0.3 is 0 Å². The molecule has 0 saturated carbocycles. The minimum absolute atomic E-state index is 0.253. The highest BCUT2D eigenvalue weighted by Gasteiger charge is 2.40. The van der Waals surface area contributed by atoms with Crippen LogP contribution in [0, 0.1) is 5.92 Å². The molecular weight excluding hydrogens is 871 g/mol. The molecule has 0 fully saturated rings. The number of nitrogens with zero attached hydrogens (tertiary/aromatic N) is 5. The Bertz CT molecular complexity index is 4020. The number of benzene rings is 9. The zero-order valence-corrected chi connectivity index (χ0v) is 39.1. The lowest BCUT2D eigenvalue weighted by atomic mass is 9.76. The van der Waals surface area contributed by atoms with Crippen LogP contribution in [0.15, 0.2) is 236 Å². The van der Waals surface area contributed by atoms with E-state index in [1.54, 1.807) is 0 Å². The summed E-state index contributed by atoms with van der Waals surface area (Å²) in [5, 5.41) is 4.95. The van der Waals surface area contributed by atoms with Crippen LogP contribution in [0.1, 0.15) is 24.0 Å². The summed E-state index contributed by atoms with van der Waals surface area (Å²) in [5.41, 5.74) is 16.6. The maximum Gasteiger partial charge on any atom is 0.164 e. The third kappa shape index (κ3) is 6.56. The van der Waals surface area contributed by atoms with Crippen LogP contribution in [0.3, 0.4) is 0 Å². The molecule has 3 aromatic heterocycles. The SMILES string of the molecule is CC1C(c2ccc3c(c2)c2cc(-c4ccc5sc6cc(-c7nc(-c8ccccc8)nc(-c8ccccc8)n7)ccc6c5c4)ccc2n3-c2ccccc2)=CC=C2C1c1ccccc1N2c1ccccc1. The highest BCUT2D eigenvalue weighted by molar-refractivity contribution is 7.25. The molecule has 6 heteroatoms. The van der Waals surface area contributed by atoms with E-state index in [0.29, 0.717) is 17.5 Å². The molecule has 0 N–H and O–H groups in total. The Labute approximate surface area is 409 Å². The molecule has 0 radical (unpaired) electrons. The molecule has 2 unspecified atom stereocenters. The van der Waals surface area contributed by atoms with Gasteiger partial charge < -0.3 is 9.47 Å². The van der Waals surface area contributed by atoms with Crippen molar-refractivity contribution in [2.75, 3.05) is 4.90 Å². The quantitative estimate of drug-likeness (QED) is 0.160. The van der Waals surface area contributed by atoms with Gasteiger partial charge in [-0.05, 0) is 113 Å². The van der Waals surface area contributed by atoms with Crippen molar-refractivity contribution in [2.45, 2.75) is 12.8 Å². The molecule has 0 spiro atoms. The van der Waals surface area contributed by atoms with Crippen molar-refractivity contribution in [2.24, 2.45) is 5.92 Å². The van der Waals surface area contributed by atoms with E-state index in [0.717, 1.165) is 22.4 Å². The molecule has 0 bridgehead atoms. The Morgan fingerprint density at radius 2 is 0.929 bits per heavy atom. The summed E-state index contributed by atoms with van der Waals surface area (Å²) < 4.78 is 4.87. The smallest absolute Gasteiger partial charge is 0.164 e. The van der Waals surface area contributed by atoms with E-state index >= 15 is 0 Å². The molecule has 9 aromatic carbocycles. The summed E-state index contributed by atoms with van der Waals surface area (Å²) >= 11 is 1.81. The molecule has 4 heterocycles. The van der Waals surface area contributed by atoms with Crippen LogP contribution in [0.4, 0.5) is 11.4 Å².